The standard InChI is InChI=1S/C17H23N5S/c1-18-17(20-13-16-4-2-11-23-16)19-12-14-5-7-15(8-6-14)22-10-3-9-21-22/h3,5-10,16H,2,4,11-13H2,1H3,(H2,18,19,20). The van der Waals surface area contributed by atoms with Gasteiger partial charge in [0.2, 0.25) is 0 Å². The fraction of sp³-hybridized carbons (Fsp3) is 0.412. The van der Waals surface area contributed by atoms with Crippen LogP contribution in [-0.4, -0.2) is 40.3 Å². The molecule has 0 saturated carbocycles. The molecule has 1 fully saturated rings. The van der Waals surface area contributed by atoms with E-state index in [0.29, 0.717) is 0 Å². The third-order valence-electron chi connectivity index (χ3n) is 3.91. The second-order valence-electron chi connectivity index (χ2n) is 5.56. The normalized spacial score (nSPS) is 18.1. The largest absolute Gasteiger partial charge is 0.355 e. The van der Waals surface area contributed by atoms with Gasteiger partial charge in [-0.15, -0.1) is 0 Å². The third kappa shape index (κ3) is 4.51. The summed E-state index contributed by atoms with van der Waals surface area (Å²) in [6.07, 6.45) is 6.38. The molecular weight excluding hydrogens is 306 g/mol. The smallest absolute Gasteiger partial charge is 0.191 e. The van der Waals surface area contributed by atoms with Gasteiger partial charge in [-0.25, -0.2) is 4.68 Å². The zero-order valence-electron chi connectivity index (χ0n) is 13.4. The highest BCUT2D eigenvalue weighted by molar-refractivity contribution is 8.00. The maximum Gasteiger partial charge on any atom is 0.191 e. The van der Waals surface area contributed by atoms with Gasteiger partial charge < -0.3 is 10.6 Å². The van der Waals surface area contributed by atoms with Crippen molar-refractivity contribution >= 4 is 17.7 Å². The van der Waals surface area contributed by atoms with Gasteiger partial charge in [0.25, 0.3) is 0 Å². The Morgan fingerprint density at radius 2 is 2.22 bits per heavy atom. The Labute approximate surface area is 141 Å². The summed E-state index contributed by atoms with van der Waals surface area (Å²) in [5.74, 6) is 2.16. The molecule has 122 valence electrons. The van der Waals surface area contributed by atoms with Crippen LogP contribution in [0.4, 0.5) is 0 Å². The summed E-state index contributed by atoms with van der Waals surface area (Å²) in [5.41, 5.74) is 2.29. The Morgan fingerprint density at radius 1 is 1.35 bits per heavy atom. The van der Waals surface area contributed by atoms with Gasteiger partial charge in [-0.3, -0.25) is 4.99 Å². The van der Waals surface area contributed by atoms with Crippen LogP contribution in [0.3, 0.4) is 0 Å². The van der Waals surface area contributed by atoms with Crippen molar-refractivity contribution in [1.82, 2.24) is 20.4 Å². The number of hydrogen-bond donors (Lipinski definition) is 2. The van der Waals surface area contributed by atoms with Gasteiger partial charge in [-0.1, -0.05) is 12.1 Å². The fourth-order valence-electron chi connectivity index (χ4n) is 2.61. The van der Waals surface area contributed by atoms with Crippen molar-refractivity contribution in [1.29, 1.82) is 0 Å². The minimum Gasteiger partial charge on any atom is -0.355 e. The summed E-state index contributed by atoms with van der Waals surface area (Å²) in [7, 11) is 1.82. The molecule has 3 rings (SSSR count). The predicted molar refractivity (Wildman–Crippen MR) is 97.2 cm³/mol. The van der Waals surface area contributed by atoms with Crippen LogP contribution in [-0.2, 0) is 6.54 Å². The molecule has 0 amide bonds. The summed E-state index contributed by atoms with van der Waals surface area (Å²) < 4.78 is 1.86. The molecule has 1 atom stereocenters. The maximum atomic E-state index is 4.29. The Kier molecular flexibility index (Phi) is 5.58. The highest BCUT2D eigenvalue weighted by atomic mass is 32.2. The molecule has 5 nitrogen and oxygen atoms in total. The van der Waals surface area contributed by atoms with E-state index in [1.165, 1.54) is 24.2 Å². The van der Waals surface area contributed by atoms with Crippen molar-refractivity contribution in [2.24, 2.45) is 4.99 Å². The van der Waals surface area contributed by atoms with Crippen LogP contribution in [0.15, 0.2) is 47.7 Å². The highest BCUT2D eigenvalue weighted by Crippen LogP contribution is 2.25. The number of aliphatic imine (C=N–C) groups is 1. The van der Waals surface area contributed by atoms with Crippen LogP contribution in [0.25, 0.3) is 5.69 Å². The lowest BCUT2D eigenvalue weighted by molar-refractivity contribution is 0.726. The molecule has 1 unspecified atom stereocenters. The summed E-state index contributed by atoms with van der Waals surface area (Å²) in [4.78, 5) is 4.29. The number of nitrogens with one attached hydrogen (secondary N) is 2. The van der Waals surface area contributed by atoms with Gasteiger partial charge >= 0.3 is 0 Å². The van der Waals surface area contributed by atoms with Crippen LogP contribution < -0.4 is 10.6 Å². The number of aromatic nitrogens is 2. The van der Waals surface area contributed by atoms with Gasteiger partial charge in [0.15, 0.2) is 5.96 Å². The van der Waals surface area contributed by atoms with Crippen LogP contribution in [0, 0.1) is 0 Å². The van der Waals surface area contributed by atoms with Crippen LogP contribution in [0.1, 0.15) is 18.4 Å². The Bertz CT molecular complexity index is 615. The van der Waals surface area contributed by atoms with Crippen LogP contribution >= 0.6 is 11.8 Å². The van der Waals surface area contributed by atoms with Crippen LogP contribution in [0.2, 0.25) is 0 Å². The van der Waals surface area contributed by atoms with Gasteiger partial charge in [0.1, 0.15) is 0 Å². The quantitative estimate of drug-likeness (QED) is 0.653. The predicted octanol–water partition coefficient (Wildman–Crippen LogP) is 2.43. The first-order valence-electron chi connectivity index (χ1n) is 8.00. The van der Waals surface area contributed by atoms with E-state index >= 15 is 0 Å². The van der Waals surface area contributed by atoms with E-state index in [0.717, 1.165) is 30.0 Å². The lowest BCUT2D eigenvalue weighted by Crippen LogP contribution is -2.39. The SMILES string of the molecule is CN=C(NCc1ccc(-n2cccn2)cc1)NCC1CCCS1. The first-order valence-corrected chi connectivity index (χ1v) is 9.05. The van der Waals surface area contributed by atoms with Crippen LogP contribution in [0.5, 0.6) is 0 Å². The number of hydrogen-bond acceptors (Lipinski definition) is 3. The van der Waals surface area contributed by atoms with E-state index in [4.69, 9.17) is 0 Å². The molecular formula is C17H23N5S. The molecule has 1 aliphatic rings. The molecule has 1 saturated heterocycles. The maximum absolute atomic E-state index is 4.29. The second-order valence-corrected chi connectivity index (χ2v) is 6.97. The molecule has 1 aliphatic heterocycles. The molecule has 6 heteroatoms. The Hall–Kier alpha value is -1.95. The molecule has 2 heterocycles. The first-order chi connectivity index (χ1) is 11.3. The number of rotatable bonds is 5. The molecule has 0 aliphatic carbocycles. The molecule has 23 heavy (non-hydrogen) atoms. The van der Waals surface area contributed by atoms with E-state index in [1.54, 1.807) is 6.20 Å². The van der Waals surface area contributed by atoms with E-state index in [9.17, 15) is 0 Å². The van der Waals surface area contributed by atoms with Crippen molar-refractivity contribution in [3.8, 4) is 5.69 Å². The highest BCUT2D eigenvalue weighted by Gasteiger charge is 2.15. The van der Waals surface area contributed by atoms with E-state index in [1.807, 2.05) is 24.0 Å². The number of benzene rings is 1. The lowest BCUT2D eigenvalue weighted by Gasteiger charge is -2.15. The zero-order chi connectivity index (χ0) is 15.9. The average molecular weight is 329 g/mol. The number of nitrogens with zero attached hydrogens (tertiary/aromatic N) is 3. The van der Waals surface area contributed by atoms with Crippen molar-refractivity contribution in [2.45, 2.75) is 24.6 Å². The Balaban J connectivity index is 1.48. The summed E-state index contributed by atoms with van der Waals surface area (Å²) in [6.45, 7) is 1.75. The monoisotopic (exact) mass is 329 g/mol. The molecule has 1 aromatic carbocycles. The summed E-state index contributed by atoms with van der Waals surface area (Å²) in [6, 6.07) is 10.3. The van der Waals surface area contributed by atoms with Gasteiger partial charge in [0, 0.05) is 37.8 Å². The first kappa shape index (κ1) is 15.9. The fourth-order valence-corrected chi connectivity index (χ4v) is 3.81. The van der Waals surface area contributed by atoms with E-state index in [-0.39, 0.29) is 0 Å². The van der Waals surface area contributed by atoms with Gasteiger partial charge in [-0.05, 0) is 42.4 Å². The molecule has 0 radical (unpaired) electrons. The minimum atomic E-state index is 0.724. The van der Waals surface area contributed by atoms with Gasteiger partial charge in [0.05, 0.1) is 5.69 Å². The van der Waals surface area contributed by atoms with Crippen molar-refractivity contribution in [3.63, 3.8) is 0 Å². The second kappa shape index (κ2) is 8.06. The van der Waals surface area contributed by atoms with Gasteiger partial charge in [-0.2, -0.15) is 16.9 Å². The number of guanidine groups is 1. The molecule has 0 bridgehead atoms. The molecule has 0 spiro atoms. The summed E-state index contributed by atoms with van der Waals surface area (Å²) >= 11 is 2.06. The van der Waals surface area contributed by atoms with Crippen molar-refractivity contribution in [2.75, 3.05) is 19.3 Å². The van der Waals surface area contributed by atoms with E-state index < -0.39 is 0 Å². The van der Waals surface area contributed by atoms with Crippen molar-refractivity contribution < 1.29 is 0 Å². The lowest BCUT2D eigenvalue weighted by atomic mass is 10.2. The van der Waals surface area contributed by atoms with E-state index in [2.05, 4.69) is 56.8 Å². The summed E-state index contributed by atoms with van der Waals surface area (Å²) in [5, 5.41) is 11.7. The minimum absolute atomic E-state index is 0.724. The molecule has 1 aromatic heterocycles. The average Bonchev–Trinajstić information content (AvgIpc) is 3.29. The zero-order valence-corrected chi connectivity index (χ0v) is 14.2. The van der Waals surface area contributed by atoms with Crippen molar-refractivity contribution in [3.05, 3.63) is 48.3 Å². The number of thioether (sulfide) groups is 1. The molecule has 2 N–H and O–H groups in total. The molecule has 2 aromatic rings. The Morgan fingerprint density at radius 3 is 2.87 bits per heavy atom. The third-order valence-corrected chi connectivity index (χ3v) is 5.31. The topological polar surface area (TPSA) is 54.2 Å².